The minimum Gasteiger partial charge on any atom is -0.481 e. The Morgan fingerprint density at radius 2 is 1.85 bits per heavy atom. The largest absolute Gasteiger partial charge is 0.481 e. The van der Waals surface area contributed by atoms with Gasteiger partial charge < -0.3 is 15.3 Å². The second-order valence-corrected chi connectivity index (χ2v) is 7.33. The number of benzene rings is 2. The molecule has 0 aromatic heterocycles. The fraction of sp³-hybridized carbons (Fsp3) is 0.286. The van der Waals surface area contributed by atoms with Crippen molar-refractivity contribution in [2.24, 2.45) is 5.41 Å². The fourth-order valence-corrected chi connectivity index (χ4v) is 3.12. The van der Waals surface area contributed by atoms with Crippen LogP contribution in [0.4, 0.5) is 11.4 Å². The van der Waals surface area contributed by atoms with E-state index in [4.69, 9.17) is 5.11 Å². The van der Waals surface area contributed by atoms with Crippen LogP contribution in [-0.2, 0) is 16.0 Å². The van der Waals surface area contributed by atoms with E-state index in [1.807, 2.05) is 24.3 Å². The van der Waals surface area contributed by atoms with Crippen LogP contribution in [0, 0.1) is 5.41 Å². The molecule has 2 aromatic rings. The number of carboxylic acid groups (broad SMARTS) is 1. The Balaban J connectivity index is 1.74. The Morgan fingerprint density at radius 1 is 1.11 bits per heavy atom. The highest BCUT2D eigenvalue weighted by atomic mass is 16.4. The molecule has 1 heterocycles. The van der Waals surface area contributed by atoms with Crippen LogP contribution in [-0.4, -0.2) is 29.4 Å². The molecule has 0 aliphatic carbocycles. The number of aliphatic carboxylic acids is 1. The van der Waals surface area contributed by atoms with Gasteiger partial charge in [-0.1, -0.05) is 24.3 Å². The standard InChI is InChI=1S/C21H22N2O4/c1-21(2,20(26)27)13-18(24)22-16-8-5-7-15(12-16)19(25)23-11-10-14-6-3-4-9-17(14)23/h3-9,12H,10-11,13H2,1-2H3,(H,22,24)(H,26,27). The molecule has 0 saturated carbocycles. The lowest BCUT2D eigenvalue weighted by Gasteiger charge is -2.19. The predicted octanol–water partition coefficient (Wildman–Crippen LogP) is 3.33. The van der Waals surface area contributed by atoms with Crippen molar-refractivity contribution in [1.82, 2.24) is 0 Å². The molecule has 6 heteroatoms. The fourth-order valence-electron chi connectivity index (χ4n) is 3.12. The summed E-state index contributed by atoms with van der Waals surface area (Å²) in [5.41, 5.74) is 1.85. The third-order valence-corrected chi connectivity index (χ3v) is 4.71. The van der Waals surface area contributed by atoms with Crippen LogP contribution in [0.25, 0.3) is 0 Å². The smallest absolute Gasteiger partial charge is 0.309 e. The number of anilines is 2. The number of carbonyl (C=O) groups is 3. The van der Waals surface area contributed by atoms with Gasteiger partial charge in [0.15, 0.2) is 0 Å². The zero-order chi connectivity index (χ0) is 19.6. The van der Waals surface area contributed by atoms with Gasteiger partial charge in [-0.2, -0.15) is 0 Å². The van der Waals surface area contributed by atoms with Crippen molar-refractivity contribution in [1.29, 1.82) is 0 Å². The van der Waals surface area contributed by atoms with Gasteiger partial charge in [-0.3, -0.25) is 14.4 Å². The third kappa shape index (κ3) is 4.00. The summed E-state index contributed by atoms with van der Waals surface area (Å²) in [6.07, 6.45) is 0.669. The van der Waals surface area contributed by atoms with Gasteiger partial charge in [0.2, 0.25) is 5.91 Å². The molecule has 1 aliphatic heterocycles. The molecule has 0 bridgehead atoms. The Bertz CT molecular complexity index is 905. The van der Waals surface area contributed by atoms with Crippen molar-refractivity contribution < 1.29 is 19.5 Å². The molecule has 6 nitrogen and oxygen atoms in total. The maximum absolute atomic E-state index is 12.9. The Kier molecular flexibility index (Phi) is 4.99. The molecule has 0 atom stereocenters. The molecule has 140 valence electrons. The zero-order valence-corrected chi connectivity index (χ0v) is 15.4. The molecule has 0 saturated heterocycles. The molecule has 2 aromatic carbocycles. The molecule has 0 radical (unpaired) electrons. The van der Waals surface area contributed by atoms with Gasteiger partial charge in [-0.15, -0.1) is 0 Å². The second-order valence-electron chi connectivity index (χ2n) is 7.33. The number of nitrogens with zero attached hydrogens (tertiary/aromatic N) is 1. The number of para-hydroxylation sites is 1. The van der Waals surface area contributed by atoms with Gasteiger partial charge in [0.1, 0.15) is 0 Å². The van der Waals surface area contributed by atoms with Crippen molar-refractivity contribution in [3.05, 3.63) is 59.7 Å². The number of amides is 2. The quantitative estimate of drug-likeness (QED) is 0.850. The maximum Gasteiger partial charge on any atom is 0.309 e. The number of carbonyl (C=O) groups excluding carboxylic acids is 2. The number of fused-ring (bicyclic) bond motifs is 1. The Hall–Kier alpha value is -3.15. The molecule has 27 heavy (non-hydrogen) atoms. The van der Waals surface area contributed by atoms with E-state index in [1.54, 1.807) is 29.2 Å². The summed E-state index contributed by atoms with van der Waals surface area (Å²) in [6, 6.07) is 14.5. The third-order valence-electron chi connectivity index (χ3n) is 4.71. The van der Waals surface area contributed by atoms with Gasteiger partial charge in [0.05, 0.1) is 5.41 Å². The highest BCUT2D eigenvalue weighted by molar-refractivity contribution is 6.08. The van der Waals surface area contributed by atoms with E-state index in [1.165, 1.54) is 13.8 Å². The van der Waals surface area contributed by atoms with Crippen LogP contribution in [0.2, 0.25) is 0 Å². The van der Waals surface area contributed by atoms with Gasteiger partial charge in [-0.05, 0) is 50.1 Å². The summed E-state index contributed by atoms with van der Waals surface area (Å²) in [5.74, 6) is -1.56. The van der Waals surface area contributed by atoms with Crippen molar-refractivity contribution >= 4 is 29.2 Å². The average Bonchev–Trinajstić information content (AvgIpc) is 3.04. The van der Waals surface area contributed by atoms with Gasteiger partial charge in [-0.25, -0.2) is 0 Å². The molecule has 0 spiro atoms. The first-order valence-corrected chi connectivity index (χ1v) is 8.81. The summed E-state index contributed by atoms with van der Waals surface area (Å²) < 4.78 is 0. The second kappa shape index (κ2) is 7.23. The van der Waals surface area contributed by atoms with Crippen molar-refractivity contribution in [3.63, 3.8) is 0 Å². The normalized spacial score (nSPS) is 13.2. The molecule has 0 unspecified atom stereocenters. The highest BCUT2D eigenvalue weighted by Gasteiger charge is 2.30. The molecular weight excluding hydrogens is 344 g/mol. The van der Waals surface area contributed by atoms with Crippen molar-refractivity contribution in [2.45, 2.75) is 26.7 Å². The molecular formula is C21H22N2O4. The number of rotatable bonds is 5. The molecule has 0 fully saturated rings. The van der Waals surface area contributed by atoms with E-state index >= 15 is 0 Å². The summed E-state index contributed by atoms with van der Waals surface area (Å²) in [7, 11) is 0. The van der Waals surface area contributed by atoms with Crippen LogP contribution in [0.15, 0.2) is 48.5 Å². The summed E-state index contributed by atoms with van der Waals surface area (Å²) >= 11 is 0. The van der Waals surface area contributed by atoms with E-state index in [0.717, 1.165) is 17.7 Å². The number of carboxylic acids is 1. The Morgan fingerprint density at radius 3 is 2.59 bits per heavy atom. The van der Waals surface area contributed by atoms with Crippen molar-refractivity contribution in [2.75, 3.05) is 16.8 Å². The zero-order valence-electron chi connectivity index (χ0n) is 15.4. The number of hydrogen-bond acceptors (Lipinski definition) is 3. The lowest BCUT2D eigenvalue weighted by atomic mass is 9.89. The van der Waals surface area contributed by atoms with Gasteiger partial charge >= 0.3 is 5.97 Å². The van der Waals surface area contributed by atoms with Crippen LogP contribution in [0.5, 0.6) is 0 Å². The average molecular weight is 366 g/mol. The predicted molar refractivity (Wildman–Crippen MR) is 103 cm³/mol. The van der Waals surface area contributed by atoms with E-state index in [-0.39, 0.29) is 12.3 Å². The first-order chi connectivity index (χ1) is 12.8. The summed E-state index contributed by atoms with van der Waals surface area (Å²) in [6.45, 7) is 3.63. The maximum atomic E-state index is 12.9. The number of hydrogen-bond donors (Lipinski definition) is 2. The lowest BCUT2D eigenvalue weighted by Crippen LogP contribution is -2.30. The molecule has 3 rings (SSSR count). The van der Waals surface area contributed by atoms with Crippen LogP contribution < -0.4 is 10.2 Å². The molecule has 1 aliphatic rings. The molecule has 2 N–H and O–H groups in total. The van der Waals surface area contributed by atoms with Gasteiger partial charge in [0.25, 0.3) is 5.91 Å². The minimum absolute atomic E-state index is 0.123. The topological polar surface area (TPSA) is 86.7 Å². The Labute approximate surface area is 157 Å². The summed E-state index contributed by atoms with van der Waals surface area (Å²) in [5, 5.41) is 11.8. The van der Waals surface area contributed by atoms with Gasteiger partial charge in [0, 0.05) is 29.9 Å². The van der Waals surface area contributed by atoms with Crippen molar-refractivity contribution in [3.8, 4) is 0 Å². The molecule has 2 amide bonds. The number of nitrogens with one attached hydrogen (secondary N) is 1. The van der Waals surface area contributed by atoms with Crippen LogP contribution in [0.1, 0.15) is 36.2 Å². The first kappa shape index (κ1) is 18.6. The van der Waals surface area contributed by atoms with E-state index < -0.39 is 17.3 Å². The first-order valence-electron chi connectivity index (χ1n) is 8.81. The summed E-state index contributed by atoms with van der Waals surface area (Å²) in [4.78, 5) is 38.0. The van der Waals surface area contributed by atoms with Crippen LogP contribution in [0.3, 0.4) is 0 Å². The monoisotopic (exact) mass is 366 g/mol. The highest BCUT2D eigenvalue weighted by Crippen LogP contribution is 2.29. The lowest BCUT2D eigenvalue weighted by molar-refractivity contribution is -0.148. The van der Waals surface area contributed by atoms with E-state index in [0.29, 0.717) is 17.8 Å². The SMILES string of the molecule is CC(C)(CC(=O)Nc1cccc(C(=O)N2CCc3ccccc32)c1)C(=O)O. The van der Waals surface area contributed by atoms with E-state index in [9.17, 15) is 14.4 Å². The minimum atomic E-state index is -1.16. The van der Waals surface area contributed by atoms with Crippen LogP contribution >= 0.6 is 0 Å². The van der Waals surface area contributed by atoms with E-state index in [2.05, 4.69) is 5.32 Å².